The quantitative estimate of drug-likeness (QED) is 0.629. The van der Waals surface area contributed by atoms with Gasteiger partial charge >= 0.3 is 5.69 Å². The minimum absolute atomic E-state index is 0.0266. The van der Waals surface area contributed by atoms with Crippen molar-refractivity contribution in [2.24, 2.45) is 0 Å². The van der Waals surface area contributed by atoms with Crippen LogP contribution in [0.2, 0.25) is 0 Å². The van der Waals surface area contributed by atoms with Crippen molar-refractivity contribution in [1.82, 2.24) is 19.4 Å². The second kappa shape index (κ2) is 5.54. The van der Waals surface area contributed by atoms with Gasteiger partial charge in [0.15, 0.2) is 0 Å². The Labute approximate surface area is 107 Å². The fourth-order valence-corrected chi connectivity index (χ4v) is 1.97. The van der Waals surface area contributed by atoms with E-state index in [1.807, 2.05) is 0 Å². The zero-order valence-electron chi connectivity index (χ0n) is 9.74. The number of aromatic nitrogens is 4. The highest BCUT2D eigenvalue weighted by molar-refractivity contribution is 7.10. The normalized spacial score (nSPS) is 10.5. The summed E-state index contributed by atoms with van der Waals surface area (Å²) in [6.07, 6.45) is 3.60. The lowest BCUT2D eigenvalue weighted by atomic mass is 10.4. The summed E-state index contributed by atoms with van der Waals surface area (Å²) in [6, 6.07) is 0. The van der Waals surface area contributed by atoms with Gasteiger partial charge in [-0.15, -0.1) is 5.10 Å². The van der Waals surface area contributed by atoms with Gasteiger partial charge in [0, 0.05) is 18.1 Å². The van der Waals surface area contributed by atoms with Gasteiger partial charge < -0.3 is 5.32 Å². The fraction of sp³-hybridized carbons (Fsp3) is 0.444. The summed E-state index contributed by atoms with van der Waals surface area (Å²) in [5.74, 6) is 0. The van der Waals surface area contributed by atoms with Crippen LogP contribution in [-0.4, -0.2) is 30.8 Å². The molecule has 2 aromatic rings. The molecule has 0 unspecified atom stereocenters. The predicted molar refractivity (Wildman–Crippen MR) is 66.7 cm³/mol. The van der Waals surface area contributed by atoms with Gasteiger partial charge in [-0.25, -0.2) is 0 Å². The lowest BCUT2D eigenvalue weighted by Gasteiger charge is -2.03. The molecule has 0 saturated carbocycles. The van der Waals surface area contributed by atoms with Crippen LogP contribution < -0.4 is 5.32 Å². The molecule has 0 aliphatic heterocycles. The van der Waals surface area contributed by atoms with E-state index in [0.29, 0.717) is 6.54 Å². The molecule has 1 N–H and O–H groups in total. The van der Waals surface area contributed by atoms with Gasteiger partial charge in [-0.05, 0) is 6.42 Å². The third-order valence-corrected chi connectivity index (χ3v) is 2.96. The van der Waals surface area contributed by atoms with Crippen molar-refractivity contribution in [3.05, 3.63) is 28.2 Å². The molecular weight excluding hydrogens is 256 g/mol. The second-order valence-electron chi connectivity index (χ2n) is 3.63. The van der Waals surface area contributed by atoms with E-state index in [4.69, 9.17) is 0 Å². The van der Waals surface area contributed by atoms with E-state index in [-0.39, 0.29) is 5.69 Å². The minimum atomic E-state index is -0.473. The molecule has 18 heavy (non-hydrogen) atoms. The highest BCUT2D eigenvalue weighted by Crippen LogP contribution is 2.19. The summed E-state index contributed by atoms with van der Waals surface area (Å²) in [6.45, 7) is 3.28. The Balaban J connectivity index is 2.08. The van der Waals surface area contributed by atoms with Crippen LogP contribution in [-0.2, 0) is 6.54 Å². The maximum atomic E-state index is 10.5. The van der Waals surface area contributed by atoms with Crippen molar-refractivity contribution in [2.45, 2.75) is 19.9 Å². The van der Waals surface area contributed by atoms with Gasteiger partial charge in [-0.2, -0.15) is 5.10 Å². The lowest BCUT2D eigenvalue weighted by Crippen LogP contribution is -2.05. The Morgan fingerprint density at radius 1 is 1.61 bits per heavy atom. The van der Waals surface area contributed by atoms with Crippen LogP contribution in [0.4, 0.5) is 10.7 Å². The van der Waals surface area contributed by atoms with Crippen molar-refractivity contribution < 1.29 is 4.92 Å². The van der Waals surface area contributed by atoms with Crippen LogP contribution in [0.25, 0.3) is 0 Å². The van der Waals surface area contributed by atoms with Crippen molar-refractivity contribution in [3.8, 4) is 0 Å². The molecule has 9 heteroatoms. The van der Waals surface area contributed by atoms with Gasteiger partial charge in [0.1, 0.15) is 23.1 Å². The van der Waals surface area contributed by atoms with E-state index in [0.717, 1.165) is 23.7 Å². The van der Waals surface area contributed by atoms with E-state index in [2.05, 4.69) is 26.9 Å². The van der Waals surface area contributed by atoms with Crippen molar-refractivity contribution in [1.29, 1.82) is 0 Å². The summed E-state index contributed by atoms with van der Waals surface area (Å²) in [7, 11) is 0. The average molecular weight is 268 g/mol. The molecule has 0 atom stereocenters. The van der Waals surface area contributed by atoms with Gasteiger partial charge in [-0.1, -0.05) is 11.4 Å². The zero-order valence-corrected chi connectivity index (χ0v) is 10.6. The van der Waals surface area contributed by atoms with E-state index in [9.17, 15) is 10.1 Å². The predicted octanol–water partition coefficient (Wildman–Crippen LogP) is 1.51. The van der Waals surface area contributed by atoms with Crippen LogP contribution in [0.15, 0.2) is 12.4 Å². The van der Waals surface area contributed by atoms with Crippen molar-refractivity contribution in [2.75, 3.05) is 11.9 Å². The smallest absolute Gasteiger partial charge is 0.307 e. The summed E-state index contributed by atoms with van der Waals surface area (Å²) in [5.41, 5.74) is 0.715. The topological polar surface area (TPSA) is 98.8 Å². The standard InChI is InChI=1S/C9H12N6O2S/c1-2-3-10-9-8(12-13-18-9)6-14-5-7(4-11-14)15(16)17/h4-5,10H,2-3,6H2,1H3. The van der Waals surface area contributed by atoms with E-state index < -0.39 is 4.92 Å². The fourth-order valence-electron chi connectivity index (χ4n) is 1.37. The molecule has 0 aromatic carbocycles. The number of rotatable bonds is 6. The largest absolute Gasteiger partial charge is 0.374 e. The van der Waals surface area contributed by atoms with Gasteiger partial charge in [0.2, 0.25) is 0 Å². The number of hydrogen-bond acceptors (Lipinski definition) is 7. The molecule has 2 rings (SSSR count). The number of nitrogens with zero attached hydrogens (tertiary/aromatic N) is 5. The first kappa shape index (κ1) is 12.4. The number of nitro groups is 1. The molecule has 0 aliphatic rings. The van der Waals surface area contributed by atoms with Crippen molar-refractivity contribution >= 4 is 22.2 Å². The van der Waals surface area contributed by atoms with Crippen LogP contribution in [0.3, 0.4) is 0 Å². The number of anilines is 1. The van der Waals surface area contributed by atoms with Gasteiger partial charge in [0.05, 0.1) is 11.5 Å². The van der Waals surface area contributed by atoms with Crippen LogP contribution in [0.5, 0.6) is 0 Å². The molecule has 8 nitrogen and oxygen atoms in total. The van der Waals surface area contributed by atoms with Crippen molar-refractivity contribution in [3.63, 3.8) is 0 Å². The minimum Gasteiger partial charge on any atom is -0.374 e. The molecular formula is C9H12N6O2S. The summed E-state index contributed by atoms with van der Waals surface area (Å²) < 4.78 is 5.35. The molecule has 0 bridgehead atoms. The Bertz CT molecular complexity index is 537. The zero-order chi connectivity index (χ0) is 13.0. The first-order valence-corrected chi connectivity index (χ1v) is 6.20. The number of nitrogens with one attached hydrogen (secondary N) is 1. The monoisotopic (exact) mass is 268 g/mol. The Morgan fingerprint density at radius 2 is 2.44 bits per heavy atom. The van der Waals surface area contributed by atoms with Gasteiger partial charge in [0.25, 0.3) is 0 Å². The molecule has 2 aromatic heterocycles. The first-order valence-electron chi connectivity index (χ1n) is 5.42. The van der Waals surface area contributed by atoms with E-state index in [1.54, 1.807) is 0 Å². The third-order valence-electron chi connectivity index (χ3n) is 2.23. The Hall–Kier alpha value is -2.03. The maximum absolute atomic E-state index is 10.5. The molecule has 0 fully saturated rings. The van der Waals surface area contributed by atoms with Crippen LogP contribution in [0, 0.1) is 10.1 Å². The Morgan fingerprint density at radius 3 is 3.11 bits per heavy atom. The molecule has 0 amide bonds. The summed E-state index contributed by atoms with van der Waals surface area (Å²) >= 11 is 1.27. The molecule has 96 valence electrons. The van der Waals surface area contributed by atoms with E-state index >= 15 is 0 Å². The maximum Gasteiger partial charge on any atom is 0.307 e. The molecule has 0 saturated heterocycles. The SMILES string of the molecule is CCCNc1snnc1Cn1cc([N+](=O)[O-])cn1. The lowest BCUT2D eigenvalue weighted by molar-refractivity contribution is -0.385. The third kappa shape index (κ3) is 2.80. The molecule has 0 radical (unpaired) electrons. The molecule has 0 aliphatic carbocycles. The highest BCUT2D eigenvalue weighted by Gasteiger charge is 2.12. The second-order valence-corrected chi connectivity index (χ2v) is 4.38. The summed E-state index contributed by atoms with van der Waals surface area (Å²) in [4.78, 5) is 10.1. The first-order chi connectivity index (χ1) is 8.70. The Kier molecular flexibility index (Phi) is 3.82. The highest BCUT2D eigenvalue weighted by atomic mass is 32.1. The average Bonchev–Trinajstić information content (AvgIpc) is 2.96. The van der Waals surface area contributed by atoms with Crippen LogP contribution >= 0.6 is 11.5 Å². The van der Waals surface area contributed by atoms with Gasteiger partial charge in [-0.3, -0.25) is 14.8 Å². The van der Waals surface area contributed by atoms with Crippen LogP contribution in [0.1, 0.15) is 19.0 Å². The number of hydrogen-bond donors (Lipinski definition) is 1. The van der Waals surface area contributed by atoms with E-state index in [1.165, 1.54) is 28.6 Å². The molecule has 0 spiro atoms. The molecule has 2 heterocycles. The summed E-state index contributed by atoms with van der Waals surface area (Å²) in [5, 5.41) is 22.5.